The zero-order chi connectivity index (χ0) is 10.8. The Bertz CT molecular complexity index is 489. The predicted octanol–water partition coefficient (Wildman–Crippen LogP) is 2.89. The van der Waals surface area contributed by atoms with E-state index < -0.39 is 12.8 Å². The monoisotopic (exact) mass is 225 g/mol. The lowest BCUT2D eigenvalue weighted by atomic mass is 10.1. The summed E-state index contributed by atoms with van der Waals surface area (Å²) < 4.78 is 12.3. The van der Waals surface area contributed by atoms with Gasteiger partial charge in [-0.15, -0.1) is 0 Å². The molecule has 0 saturated carbocycles. The van der Waals surface area contributed by atoms with Crippen LogP contribution in [0.3, 0.4) is 0 Å². The highest BCUT2D eigenvalue weighted by Crippen LogP contribution is 2.25. The number of para-hydroxylation sites is 1. The zero-order valence-electron chi connectivity index (χ0n) is 7.82. The van der Waals surface area contributed by atoms with E-state index in [1.807, 2.05) is 24.3 Å². The molecule has 0 radical (unpaired) electrons. The molecule has 0 aliphatic heterocycles. The number of rotatable bonds is 2. The quantitative estimate of drug-likeness (QED) is 0.798. The Morgan fingerprint density at radius 2 is 2.13 bits per heavy atom. The minimum absolute atomic E-state index is 0.152. The van der Waals surface area contributed by atoms with Crippen molar-refractivity contribution in [1.82, 2.24) is 4.98 Å². The Kier molecular flexibility index (Phi) is 2.84. The minimum Gasteiger partial charge on any atom is -0.386 e. The molecule has 1 atom stereocenters. The second kappa shape index (κ2) is 4.13. The summed E-state index contributed by atoms with van der Waals surface area (Å²) in [5.74, 6) is 0. The molecule has 15 heavy (non-hydrogen) atoms. The minimum atomic E-state index is -1.20. The zero-order valence-corrected chi connectivity index (χ0v) is 8.58. The van der Waals surface area contributed by atoms with Gasteiger partial charge in [-0.2, -0.15) is 0 Å². The summed E-state index contributed by atoms with van der Waals surface area (Å²) in [4.78, 5) is 4.08. The molecule has 4 heteroatoms. The normalized spacial score (nSPS) is 13.0. The van der Waals surface area contributed by atoms with E-state index in [0.717, 1.165) is 10.9 Å². The molecule has 0 aliphatic rings. The van der Waals surface area contributed by atoms with Gasteiger partial charge in [-0.3, -0.25) is 0 Å². The molecular formula is C11H9ClFNO. The lowest BCUT2D eigenvalue weighted by Crippen LogP contribution is -2.01. The number of aromatic nitrogens is 1. The maximum Gasteiger partial charge on any atom is 0.135 e. The third-order valence-corrected chi connectivity index (χ3v) is 2.51. The maximum atomic E-state index is 12.3. The third kappa shape index (κ3) is 1.94. The fourth-order valence-corrected chi connectivity index (χ4v) is 1.70. The number of hydrogen-bond acceptors (Lipinski definition) is 2. The molecular weight excluding hydrogens is 217 g/mol. The Labute approximate surface area is 91.3 Å². The number of nitrogens with zero attached hydrogens (tertiary/aromatic N) is 1. The first-order valence-corrected chi connectivity index (χ1v) is 4.89. The van der Waals surface area contributed by atoms with Gasteiger partial charge < -0.3 is 5.11 Å². The molecule has 78 valence electrons. The molecule has 0 spiro atoms. The van der Waals surface area contributed by atoms with Gasteiger partial charge in [0, 0.05) is 10.9 Å². The fraction of sp³-hybridized carbons (Fsp3) is 0.182. The van der Waals surface area contributed by atoms with E-state index >= 15 is 0 Å². The van der Waals surface area contributed by atoms with Gasteiger partial charge >= 0.3 is 0 Å². The second-order valence-corrected chi connectivity index (χ2v) is 3.59. The van der Waals surface area contributed by atoms with E-state index in [9.17, 15) is 9.50 Å². The van der Waals surface area contributed by atoms with Crippen molar-refractivity contribution in [3.63, 3.8) is 0 Å². The van der Waals surface area contributed by atoms with E-state index in [-0.39, 0.29) is 5.15 Å². The number of aliphatic hydroxyl groups is 1. The van der Waals surface area contributed by atoms with Crippen LogP contribution in [0.5, 0.6) is 0 Å². The average Bonchev–Trinajstić information content (AvgIpc) is 2.27. The molecule has 0 amide bonds. The average molecular weight is 226 g/mol. The van der Waals surface area contributed by atoms with Crippen molar-refractivity contribution in [1.29, 1.82) is 0 Å². The van der Waals surface area contributed by atoms with Crippen LogP contribution >= 0.6 is 11.6 Å². The van der Waals surface area contributed by atoms with Crippen molar-refractivity contribution in [2.45, 2.75) is 6.10 Å². The van der Waals surface area contributed by atoms with E-state index in [0.29, 0.717) is 5.56 Å². The Morgan fingerprint density at radius 3 is 2.87 bits per heavy atom. The number of alkyl halides is 1. The first kappa shape index (κ1) is 10.3. The summed E-state index contributed by atoms with van der Waals surface area (Å²) in [6.45, 7) is -0.861. The summed E-state index contributed by atoms with van der Waals surface area (Å²) >= 11 is 5.84. The van der Waals surface area contributed by atoms with Crippen LogP contribution in [0.25, 0.3) is 10.9 Å². The van der Waals surface area contributed by atoms with Gasteiger partial charge in [0.2, 0.25) is 0 Å². The van der Waals surface area contributed by atoms with Crippen LogP contribution in [0.1, 0.15) is 11.7 Å². The molecule has 0 aliphatic carbocycles. The van der Waals surface area contributed by atoms with Crippen molar-refractivity contribution in [3.05, 3.63) is 41.0 Å². The lowest BCUT2D eigenvalue weighted by molar-refractivity contribution is 0.141. The Hall–Kier alpha value is -1.19. The molecule has 1 aromatic carbocycles. The molecule has 1 N–H and O–H groups in total. The van der Waals surface area contributed by atoms with E-state index in [2.05, 4.69) is 4.98 Å². The summed E-state index contributed by atoms with van der Waals surface area (Å²) in [7, 11) is 0. The van der Waals surface area contributed by atoms with Crippen LogP contribution in [0, 0.1) is 0 Å². The van der Waals surface area contributed by atoms with Gasteiger partial charge in [0.05, 0.1) is 5.52 Å². The van der Waals surface area contributed by atoms with Gasteiger partial charge in [0.15, 0.2) is 0 Å². The summed E-state index contributed by atoms with van der Waals surface area (Å²) in [5.41, 5.74) is 1.06. The van der Waals surface area contributed by atoms with Crippen molar-refractivity contribution >= 4 is 22.5 Å². The maximum absolute atomic E-state index is 12.3. The molecule has 2 nitrogen and oxygen atoms in total. The smallest absolute Gasteiger partial charge is 0.135 e. The van der Waals surface area contributed by atoms with Crippen LogP contribution in [0.15, 0.2) is 30.3 Å². The standard InChI is InChI=1S/C11H9ClFNO/c12-11-8(10(15)6-13)5-7-3-1-2-4-9(7)14-11/h1-5,10,15H,6H2. The van der Waals surface area contributed by atoms with Crippen LogP contribution in [0.2, 0.25) is 5.15 Å². The van der Waals surface area contributed by atoms with E-state index in [4.69, 9.17) is 11.6 Å². The predicted molar refractivity (Wildman–Crippen MR) is 57.7 cm³/mol. The first-order valence-electron chi connectivity index (χ1n) is 4.51. The molecule has 1 heterocycles. The van der Waals surface area contributed by atoms with Gasteiger partial charge in [0.25, 0.3) is 0 Å². The number of fused-ring (bicyclic) bond motifs is 1. The highest BCUT2D eigenvalue weighted by molar-refractivity contribution is 6.30. The molecule has 2 rings (SSSR count). The Morgan fingerprint density at radius 1 is 1.40 bits per heavy atom. The fourth-order valence-electron chi connectivity index (χ4n) is 1.43. The highest BCUT2D eigenvalue weighted by atomic mass is 35.5. The topological polar surface area (TPSA) is 33.1 Å². The number of halogens is 2. The van der Waals surface area contributed by atoms with E-state index in [1.54, 1.807) is 6.07 Å². The van der Waals surface area contributed by atoms with Crippen LogP contribution in [0.4, 0.5) is 4.39 Å². The first-order chi connectivity index (χ1) is 7.22. The lowest BCUT2D eigenvalue weighted by Gasteiger charge is -2.09. The largest absolute Gasteiger partial charge is 0.386 e. The molecule has 0 saturated heterocycles. The molecule has 1 aromatic heterocycles. The van der Waals surface area contributed by atoms with E-state index in [1.165, 1.54) is 0 Å². The third-order valence-electron chi connectivity index (χ3n) is 2.21. The van der Waals surface area contributed by atoms with Crippen molar-refractivity contribution in [2.75, 3.05) is 6.67 Å². The molecule has 1 unspecified atom stereocenters. The van der Waals surface area contributed by atoms with Crippen molar-refractivity contribution in [2.24, 2.45) is 0 Å². The highest BCUT2D eigenvalue weighted by Gasteiger charge is 2.13. The van der Waals surface area contributed by atoms with Crippen molar-refractivity contribution < 1.29 is 9.50 Å². The van der Waals surface area contributed by atoms with Crippen molar-refractivity contribution in [3.8, 4) is 0 Å². The molecule has 0 bridgehead atoms. The van der Waals surface area contributed by atoms with Gasteiger partial charge in [-0.05, 0) is 12.1 Å². The van der Waals surface area contributed by atoms with Crippen LogP contribution in [-0.2, 0) is 0 Å². The number of pyridine rings is 1. The van der Waals surface area contributed by atoms with Crippen LogP contribution < -0.4 is 0 Å². The SMILES string of the molecule is OC(CF)c1cc2ccccc2nc1Cl. The number of benzene rings is 1. The second-order valence-electron chi connectivity index (χ2n) is 3.23. The van der Waals surface area contributed by atoms with Gasteiger partial charge in [-0.25, -0.2) is 9.37 Å². The van der Waals surface area contributed by atoms with Gasteiger partial charge in [-0.1, -0.05) is 29.8 Å². The summed E-state index contributed by atoms with van der Waals surface area (Å²) in [6, 6.07) is 9.01. The number of hydrogen-bond donors (Lipinski definition) is 1. The number of aliphatic hydroxyl groups excluding tert-OH is 1. The molecule has 0 fully saturated rings. The van der Waals surface area contributed by atoms with Gasteiger partial charge in [0.1, 0.15) is 17.9 Å². The summed E-state index contributed by atoms with van der Waals surface area (Å²) in [6.07, 6.45) is -1.20. The summed E-state index contributed by atoms with van der Waals surface area (Å²) in [5, 5.41) is 10.4. The van der Waals surface area contributed by atoms with Crippen LogP contribution in [-0.4, -0.2) is 16.8 Å². The Balaban J connectivity index is 2.61. The molecule has 2 aromatic rings.